The van der Waals surface area contributed by atoms with Crippen molar-refractivity contribution in [1.82, 2.24) is 5.43 Å². The zero-order valence-corrected chi connectivity index (χ0v) is 23.1. The molecule has 0 saturated carbocycles. The third-order valence-electron chi connectivity index (χ3n) is 5.03. The van der Waals surface area contributed by atoms with Crippen molar-refractivity contribution in [1.29, 1.82) is 0 Å². The van der Waals surface area contributed by atoms with Crippen LogP contribution in [0.4, 0.5) is 5.69 Å². The van der Waals surface area contributed by atoms with Gasteiger partial charge in [0.25, 0.3) is 11.6 Å². The molecule has 3 aromatic carbocycles. The summed E-state index contributed by atoms with van der Waals surface area (Å²) in [6, 6.07) is 14.7. The molecule has 12 heteroatoms. The van der Waals surface area contributed by atoms with E-state index in [1.165, 1.54) is 29.7 Å². The van der Waals surface area contributed by atoms with E-state index < -0.39 is 10.8 Å². The number of fused-ring (bicyclic) bond motifs is 1. The van der Waals surface area contributed by atoms with Gasteiger partial charge in [-0.05, 0) is 64.8 Å². The van der Waals surface area contributed by atoms with Crippen LogP contribution in [0.15, 0.2) is 64.2 Å². The van der Waals surface area contributed by atoms with Crippen molar-refractivity contribution in [2.75, 3.05) is 6.61 Å². The predicted molar refractivity (Wildman–Crippen MR) is 150 cm³/mol. The molecule has 0 aliphatic carbocycles. The first-order valence-electron chi connectivity index (χ1n) is 10.8. The van der Waals surface area contributed by atoms with Crippen LogP contribution in [0.2, 0.25) is 10.0 Å². The van der Waals surface area contributed by atoms with Gasteiger partial charge in [0, 0.05) is 37.8 Å². The highest BCUT2D eigenvalue weighted by Gasteiger charge is 2.15. The van der Waals surface area contributed by atoms with Gasteiger partial charge >= 0.3 is 0 Å². The van der Waals surface area contributed by atoms with E-state index in [-0.39, 0.29) is 12.3 Å². The van der Waals surface area contributed by atoms with Gasteiger partial charge in [-0.15, -0.1) is 11.3 Å². The number of nitro groups is 1. The second-order valence-corrected chi connectivity index (χ2v) is 10.4. The number of nitrogens with one attached hydrogen (secondary N) is 1. The minimum atomic E-state index is -0.473. The summed E-state index contributed by atoms with van der Waals surface area (Å²) in [4.78, 5) is 23.4. The first kappa shape index (κ1) is 26.9. The fourth-order valence-electron chi connectivity index (χ4n) is 3.33. The molecule has 0 fully saturated rings. The number of rotatable bonds is 9. The summed E-state index contributed by atoms with van der Waals surface area (Å²) in [5, 5.41) is 16.7. The summed E-state index contributed by atoms with van der Waals surface area (Å²) >= 11 is 16.9. The van der Waals surface area contributed by atoms with E-state index in [2.05, 4.69) is 26.5 Å². The maximum Gasteiger partial charge on any atom is 0.281 e. The number of amides is 1. The van der Waals surface area contributed by atoms with Gasteiger partial charge in [-0.3, -0.25) is 14.9 Å². The maximum absolute atomic E-state index is 12.6. The molecule has 4 aromatic rings. The van der Waals surface area contributed by atoms with Gasteiger partial charge in [0.05, 0.1) is 27.1 Å². The fraction of sp³-hybridized carbons (Fsp3) is 0.120. The minimum absolute atomic E-state index is 0.0327. The fourth-order valence-corrected chi connectivity index (χ4v) is 5.30. The summed E-state index contributed by atoms with van der Waals surface area (Å²) in [7, 11) is 0. The number of nitrogens with zero attached hydrogens (tertiary/aromatic N) is 2. The number of carbonyl (C=O) groups excluding carboxylic acids is 1. The first-order chi connectivity index (χ1) is 17.7. The molecule has 37 heavy (non-hydrogen) atoms. The molecule has 1 heterocycles. The monoisotopic (exact) mass is 621 g/mol. The van der Waals surface area contributed by atoms with E-state index in [9.17, 15) is 14.9 Å². The average molecular weight is 623 g/mol. The molecule has 0 saturated heterocycles. The van der Waals surface area contributed by atoms with Crippen molar-refractivity contribution >= 4 is 78.4 Å². The number of benzene rings is 3. The lowest BCUT2D eigenvalue weighted by Crippen LogP contribution is -2.16. The van der Waals surface area contributed by atoms with E-state index in [0.29, 0.717) is 48.5 Å². The topological polar surface area (TPSA) is 103 Å². The average Bonchev–Trinajstić information content (AvgIpc) is 3.28. The highest BCUT2D eigenvalue weighted by atomic mass is 79.9. The number of hydrogen-bond acceptors (Lipinski definition) is 7. The van der Waals surface area contributed by atoms with E-state index in [1.807, 2.05) is 6.92 Å². The second-order valence-electron chi connectivity index (χ2n) is 7.58. The van der Waals surface area contributed by atoms with Crippen molar-refractivity contribution in [3.05, 3.63) is 95.2 Å². The van der Waals surface area contributed by atoms with Crippen LogP contribution in [0.5, 0.6) is 11.5 Å². The molecule has 0 bridgehead atoms. The highest BCUT2D eigenvalue weighted by Crippen LogP contribution is 2.37. The van der Waals surface area contributed by atoms with Gasteiger partial charge in [-0.1, -0.05) is 29.3 Å². The molecule has 1 N–H and O–H groups in total. The van der Waals surface area contributed by atoms with Crippen LogP contribution in [-0.2, 0) is 6.61 Å². The van der Waals surface area contributed by atoms with Crippen molar-refractivity contribution in [3.63, 3.8) is 0 Å². The van der Waals surface area contributed by atoms with Crippen LogP contribution in [0, 0.1) is 10.1 Å². The Morgan fingerprint density at radius 3 is 2.70 bits per heavy atom. The van der Waals surface area contributed by atoms with Crippen molar-refractivity contribution in [2.24, 2.45) is 5.10 Å². The molecule has 4 rings (SSSR count). The van der Waals surface area contributed by atoms with Gasteiger partial charge in [-0.25, -0.2) is 5.43 Å². The van der Waals surface area contributed by atoms with Gasteiger partial charge < -0.3 is 9.47 Å². The Morgan fingerprint density at radius 1 is 1.16 bits per heavy atom. The summed E-state index contributed by atoms with van der Waals surface area (Å²) in [5.74, 6) is 0.554. The molecule has 0 aliphatic rings. The molecular formula is C25H18BrCl2N3O5S. The van der Waals surface area contributed by atoms with E-state index in [0.717, 1.165) is 10.3 Å². The van der Waals surface area contributed by atoms with Crippen LogP contribution in [0.25, 0.3) is 10.1 Å². The summed E-state index contributed by atoms with van der Waals surface area (Å²) in [5.41, 5.74) is 3.87. The Labute approximate surface area is 234 Å². The molecule has 0 spiro atoms. The molecular weight excluding hydrogens is 605 g/mol. The normalized spacial score (nSPS) is 11.1. The quantitative estimate of drug-likeness (QED) is 0.117. The highest BCUT2D eigenvalue weighted by molar-refractivity contribution is 9.10. The Morgan fingerprint density at radius 2 is 1.97 bits per heavy atom. The third kappa shape index (κ3) is 6.58. The third-order valence-corrected chi connectivity index (χ3v) is 7.32. The van der Waals surface area contributed by atoms with Crippen LogP contribution < -0.4 is 14.9 Å². The van der Waals surface area contributed by atoms with Crippen LogP contribution in [0.1, 0.15) is 27.7 Å². The molecule has 190 valence electrons. The number of thiophene rings is 1. The number of hydrazone groups is 1. The van der Waals surface area contributed by atoms with Gasteiger partial charge in [0.1, 0.15) is 6.61 Å². The number of hydrogen-bond donors (Lipinski definition) is 1. The molecule has 0 radical (unpaired) electrons. The van der Waals surface area contributed by atoms with Gasteiger partial charge in [0.15, 0.2) is 11.5 Å². The SMILES string of the molecule is CCOc1cc(/C=N\NC(=O)c2cc3cc([N+](=O)[O-])ccc3s2)cc(Br)c1OCc1ccc(Cl)cc1Cl. The van der Waals surface area contributed by atoms with E-state index in [1.54, 1.807) is 42.5 Å². The van der Waals surface area contributed by atoms with Gasteiger partial charge in [-0.2, -0.15) is 5.10 Å². The lowest BCUT2D eigenvalue weighted by atomic mass is 10.2. The summed E-state index contributed by atoms with van der Waals surface area (Å²) in [6.07, 6.45) is 1.48. The summed E-state index contributed by atoms with van der Waals surface area (Å²) < 4.78 is 13.1. The number of ether oxygens (including phenoxy) is 2. The van der Waals surface area contributed by atoms with Crippen LogP contribution >= 0.6 is 50.5 Å². The van der Waals surface area contributed by atoms with Crippen molar-refractivity contribution in [2.45, 2.75) is 13.5 Å². The second kappa shape index (κ2) is 11.9. The largest absolute Gasteiger partial charge is 0.490 e. The molecule has 1 aromatic heterocycles. The molecule has 0 aliphatic heterocycles. The van der Waals surface area contributed by atoms with E-state index in [4.69, 9.17) is 32.7 Å². The number of halogens is 3. The Hall–Kier alpha value is -3.18. The molecule has 0 atom stereocenters. The standard InChI is InChI=1S/C25H18BrCl2N3O5S/c1-2-35-21-8-14(7-19(26)24(21)36-13-15-3-4-17(27)11-20(15)28)12-29-30-25(32)23-10-16-9-18(31(33)34)5-6-22(16)37-23/h3-12H,2,13H2,1H3,(H,30,32)/b29-12-. The van der Waals surface area contributed by atoms with Crippen molar-refractivity contribution in [3.8, 4) is 11.5 Å². The summed E-state index contributed by atoms with van der Waals surface area (Å²) in [6.45, 7) is 2.47. The zero-order valence-electron chi connectivity index (χ0n) is 19.2. The number of carbonyl (C=O) groups is 1. The first-order valence-corrected chi connectivity index (χ1v) is 13.2. The number of nitro benzene ring substituents is 1. The lowest BCUT2D eigenvalue weighted by Gasteiger charge is -2.15. The number of non-ortho nitro benzene ring substituents is 1. The van der Waals surface area contributed by atoms with Crippen LogP contribution in [0.3, 0.4) is 0 Å². The van der Waals surface area contributed by atoms with Crippen molar-refractivity contribution < 1.29 is 19.2 Å². The zero-order chi connectivity index (χ0) is 26.5. The minimum Gasteiger partial charge on any atom is -0.490 e. The van der Waals surface area contributed by atoms with E-state index >= 15 is 0 Å². The predicted octanol–water partition coefficient (Wildman–Crippen LogP) is 7.62. The lowest BCUT2D eigenvalue weighted by molar-refractivity contribution is -0.384. The van der Waals surface area contributed by atoms with Gasteiger partial charge in [0.2, 0.25) is 0 Å². The van der Waals surface area contributed by atoms with Crippen LogP contribution in [-0.4, -0.2) is 23.7 Å². The molecule has 0 unspecified atom stereocenters. The Kier molecular flexibility index (Phi) is 8.65. The maximum atomic E-state index is 12.6. The smallest absolute Gasteiger partial charge is 0.281 e. The Balaban J connectivity index is 1.47. The molecule has 8 nitrogen and oxygen atoms in total. The molecule has 1 amide bonds. The Bertz CT molecular complexity index is 1530.